The normalized spacial score (nSPS) is 29.3. The van der Waals surface area contributed by atoms with Crippen molar-refractivity contribution in [3.8, 4) is 0 Å². The molecule has 1 saturated heterocycles. The summed E-state index contributed by atoms with van der Waals surface area (Å²) < 4.78 is 0. The number of allylic oxidation sites excluding steroid dienone is 2. The minimum absolute atomic E-state index is 0.0251. The summed E-state index contributed by atoms with van der Waals surface area (Å²) in [7, 11) is 0. The van der Waals surface area contributed by atoms with Gasteiger partial charge in [0.25, 0.3) is 0 Å². The highest BCUT2D eigenvalue weighted by molar-refractivity contribution is 6.33. The van der Waals surface area contributed by atoms with Crippen LogP contribution >= 0.6 is 11.6 Å². The van der Waals surface area contributed by atoms with E-state index in [0.29, 0.717) is 26.2 Å². The van der Waals surface area contributed by atoms with Crippen molar-refractivity contribution in [2.75, 3.05) is 31.1 Å². The molecule has 1 aromatic carbocycles. The highest BCUT2D eigenvalue weighted by Gasteiger charge is 2.58. The molecule has 0 spiro atoms. The number of fused-ring (bicyclic) bond motifs is 2. The smallest absolute Gasteiger partial charge is 0.307 e. The zero-order valence-corrected chi connectivity index (χ0v) is 17.2. The molecule has 6 heteroatoms. The van der Waals surface area contributed by atoms with E-state index in [9.17, 15) is 14.7 Å². The summed E-state index contributed by atoms with van der Waals surface area (Å²) >= 11 is 6.31. The highest BCUT2D eigenvalue weighted by Crippen LogP contribution is 2.57. The van der Waals surface area contributed by atoms with Gasteiger partial charge in [-0.1, -0.05) is 34.9 Å². The lowest BCUT2D eigenvalue weighted by molar-refractivity contribution is -0.153. The molecule has 2 aliphatic carbocycles. The highest BCUT2D eigenvalue weighted by atomic mass is 35.5. The molecule has 1 N–H and O–H groups in total. The molecule has 5 nitrogen and oxygen atoms in total. The first-order valence-corrected chi connectivity index (χ1v) is 10.5. The summed E-state index contributed by atoms with van der Waals surface area (Å²) in [6, 6.07) is 7.75. The summed E-state index contributed by atoms with van der Waals surface area (Å²) in [6.45, 7) is 6.74. The number of halogens is 1. The average Bonchev–Trinajstić information content (AvgIpc) is 3.24. The number of aliphatic carboxylic acids is 1. The third-order valence-electron chi connectivity index (χ3n) is 6.77. The van der Waals surface area contributed by atoms with Crippen molar-refractivity contribution < 1.29 is 14.7 Å². The molecule has 0 radical (unpaired) electrons. The number of carboxylic acids is 1. The SMILES string of the molecule is CC(C)=C1[C@H]2CC[C@@H]1[C@@H](C(=O)O)[C@@H]2C(=O)N1CCN(c2ccccc2Cl)CC1. The van der Waals surface area contributed by atoms with Gasteiger partial charge in [0.05, 0.1) is 22.5 Å². The van der Waals surface area contributed by atoms with Crippen molar-refractivity contribution in [2.45, 2.75) is 26.7 Å². The van der Waals surface area contributed by atoms with Gasteiger partial charge in [0.1, 0.15) is 0 Å². The predicted octanol–water partition coefficient (Wildman–Crippen LogP) is 3.68. The number of anilines is 1. The second kappa shape index (κ2) is 7.43. The molecule has 0 aromatic heterocycles. The predicted molar refractivity (Wildman–Crippen MR) is 109 cm³/mol. The largest absolute Gasteiger partial charge is 0.481 e. The second-order valence-electron chi connectivity index (χ2n) is 8.40. The third-order valence-corrected chi connectivity index (χ3v) is 7.09. The number of piperazine rings is 1. The van der Waals surface area contributed by atoms with E-state index < -0.39 is 17.8 Å². The zero-order chi connectivity index (χ0) is 20.0. The number of carbonyl (C=O) groups excluding carboxylic acids is 1. The van der Waals surface area contributed by atoms with Gasteiger partial charge < -0.3 is 14.9 Å². The van der Waals surface area contributed by atoms with E-state index in [4.69, 9.17) is 11.6 Å². The first-order chi connectivity index (χ1) is 13.4. The molecule has 28 heavy (non-hydrogen) atoms. The molecule has 0 unspecified atom stereocenters. The van der Waals surface area contributed by atoms with Gasteiger partial charge in [0.2, 0.25) is 5.91 Å². The lowest BCUT2D eigenvalue weighted by Gasteiger charge is -2.39. The first kappa shape index (κ1) is 19.3. The Morgan fingerprint density at radius 3 is 2.18 bits per heavy atom. The van der Waals surface area contributed by atoms with Gasteiger partial charge in [0, 0.05) is 26.2 Å². The van der Waals surface area contributed by atoms with Gasteiger partial charge >= 0.3 is 5.97 Å². The summed E-state index contributed by atoms with van der Waals surface area (Å²) in [5.41, 5.74) is 3.42. The van der Waals surface area contributed by atoms with Crippen LogP contribution in [-0.4, -0.2) is 48.1 Å². The minimum atomic E-state index is -0.820. The van der Waals surface area contributed by atoms with E-state index in [2.05, 4.69) is 18.7 Å². The van der Waals surface area contributed by atoms with Crippen molar-refractivity contribution in [1.82, 2.24) is 4.90 Å². The minimum Gasteiger partial charge on any atom is -0.481 e. The fourth-order valence-corrected chi connectivity index (χ4v) is 5.93. The van der Waals surface area contributed by atoms with E-state index in [0.717, 1.165) is 23.6 Å². The van der Waals surface area contributed by atoms with Crippen LogP contribution in [0.15, 0.2) is 35.4 Å². The van der Waals surface area contributed by atoms with Crippen molar-refractivity contribution in [3.63, 3.8) is 0 Å². The molecular weight excluding hydrogens is 376 g/mol. The fourth-order valence-electron chi connectivity index (χ4n) is 5.67. The Kier molecular flexibility index (Phi) is 5.13. The van der Waals surface area contributed by atoms with Crippen molar-refractivity contribution in [2.24, 2.45) is 23.7 Å². The number of carboxylic acid groups (broad SMARTS) is 1. The van der Waals surface area contributed by atoms with Crippen LogP contribution < -0.4 is 4.90 Å². The molecular formula is C22H27ClN2O3. The van der Waals surface area contributed by atoms with Crippen molar-refractivity contribution in [1.29, 1.82) is 0 Å². The lowest BCUT2D eigenvalue weighted by Crippen LogP contribution is -2.52. The lowest BCUT2D eigenvalue weighted by atomic mass is 9.78. The molecule has 3 aliphatic rings. The number of para-hydroxylation sites is 1. The van der Waals surface area contributed by atoms with E-state index in [1.807, 2.05) is 29.2 Å². The maximum atomic E-state index is 13.4. The van der Waals surface area contributed by atoms with Crippen LogP contribution in [0.2, 0.25) is 5.02 Å². The standard InChI is InChI=1S/C22H27ClN2O3/c1-13(2)18-14-7-8-15(18)20(22(27)28)19(14)21(26)25-11-9-24(10-12-25)17-6-4-3-5-16(17)23/h3-6,14-15,19-20H,7-12H2,1-2H3,(H,27,28)/t14-,15+,19-,20-/m1/s1. The average molecular weight is 403 g/mol. The summed E-state index contributed by atoms with van der Waals surface area (Å²) in [6.07, 6.45) is 1.83. The number of hydrogen-bond donors (Lipinski definition) is 1. The van der Waals surface area contributed by atoms with Gasteiger partial charge in [-0.05, 0) is 50.7 Å². The number of hydrogen-bond acceptors (Lipinski definition) is 3. The Hall–Kier alpha value is -2.01. The Morgan fingerprint density at radius 2 is 1.61 bits per heavy atom. The van der Waals surface area contributed by atoms with E-state index in [-0.39, 0.29) is 17.7 Å². The first-order valence-electron chi connectivity index (χ1n) is 10.1. The Bertz CT molecular complexity index is 825. The van der Waals surface area contributed by atoms with Gasteiger partial charge in [-0.15, -0.1) is 0 Å². The Labute approximate surface area is 171 Å². The van der Waals surface area contributed by atoms with E-state index in [1.54, 1.807) is 0 Å². The monoisotopic (exact) mass is 402 g/mol. The molecule has 150 valence electrons. The maximum absolute atomic E-state index is 13.4. The summed E-state index contributed by atoms with van der Waals surface area (Å²) in [5, 5.41) is 10.6. The van der Waals surface area contributed by atoms with Crippen molar-refractivity contribution >= 4 is 29.2 Å². The van der Waals surface area contributed by atoms with Gasteiger partial charge in [-0.25, -0.2) is 0 Å². The van der Waals surface area contributed by atoms with E-state index >= 15 is 0 Å². The molecule has 1 heterocycles. The van der Waals surface area contributed by atoms with Crippen LogP contribution in [0.5, 0.6) is 0 Å². The quantitative estimate of drug-likeness (QED) is 0.783. The Balaban J connectivity index is 1.50. The third kappa shape index (κ3) is 3.10. The summed E-state index contributed by atoms with van der Waals surface area (Å²) in [4.78, 5) is 29.5. The summed E-state index contributed by atoms with van der Waals surface area (Å²) in [5.74, 6) is -1.64. The number of nitrogens with zero attached hydrogens (tertiary/aromatic N) is 2. The molecule has 1 amide bonds. The molecule has 1 aliphatic heterocycles. The van der Waals surface area contributed by atoms with Crippen molar-refractivity contribution in [3.05, 3.63) is 40.4 Å². The molecule has 2 saturated carbocycles. The van der Waals surface area contributed by atoms with Crippen LogP contribution in [-0.2, 0) is 9.59 Å². The Morgan fingerprint density at radius 1 is 1.00 bits per heavy atom. The second-order valence-corrected chi connectivity index (χ2v) is 8.81. The fraction of sp³-hybridized carbons (Fsp3) is 0.545. The number of benzene rings is 1. The van der Waals surface area contributed by atoms with Gasteiger partial charge in [-0.3, -0.25) is 9.59 Å². The number of carbonyl (C=O) groups is 2. The number of rotatable bonds is 3. The van der Waals surface area contributed by atoms with Gasteiger partial charge in [-0.2, -0.15) is 0 Å². The van der Waals surface area contributed by atoms with Crippen LogP contribution in [0.1, 0.15) is 26.7 Å². The van der Waals surface area contributed by atoms with E-state index in [1.165, 1.54) is 11.1 Å². The molecule has 3 fully saturated rings. The molecule has 1 aromatic rings. The number of amides is 1. The van der Waals surface area contributed by atoms with Crippen LogP contribution in [0.25, 0.3) is 0 Å². The maximum Gasteiger partial charge on any atom is 0.307 e. The van der Waals surface area contributed by atoms with Gasteiger partial charge in [0.15, 0.2) is 0 Å². The topological polar surface area (TPSA) is 60.9 Å². The van der Waals surface area contributed by atoms with Crippen LogP contribution in [0, 0.1) is 23.7 Å². The van der Waals surface area contributed by atoms with Crippen LogP contribution in [0.3, 0.4) is 0 Å². The molecule has 2 bridgehead atoms. The zero-order valence-electron chi connectivity index (χ0n) is 16.4. The van der Waals surface area contributed by atoms with Crippen LogP contribution in [0.4, 0.5) is 5.69 Å². The molecule has 4 rings (SSSR count). The molecule has 4 atom stereocenters.